The van der Waals surface area contributed by atoms with Crippen LogP contribution in [0.15, 0.2) is 96.1 Å². The SMILES string of the molecule is CCOC(=O)[C@@H](CC(=O)c1ccccc1)[C@]1(Cc2ccccc2)C(=O)N(c2ccccc2)N=C1C. The molecule has 6 nitrogen and oxygen atoms in total. The topological polar surface area (TPSA) is 76.0 Å². The van der Waals surface area contributed by atoms with Gasteiger partial charge in [-0.15, -0.1) is 0 Å². The summed E-state index contributed by atoms with van der Waals surface area (Å²) in [5, 5.41) is 5.96. The Kier molecular flexibility index (Phi) is 7.20. The van der Waals surface area contributed by atoms with Crippen molar-refractivity contribution in [1.82, 2.24) is 0 Å². The van der Waals surface area contributed by atoms with E-state index in [1.165, 1.54) is 5.01 Å². The van der Waals surface area contributed by atoms with Gasteiger partial charge < -0.3 is 4.74 Å². The lowest BCUT2D eigenvalue weighted by Crippen LogP contribution is -2.50. The molecular weight excluding hydrogens is 440 g/mol. The second-order valence-electron chi connectivity index (χ2n) is 8.57. The van der Waals surface area contributed by atoms with E-state index in [4.69, 9.17) is 4.74 Å². The molecule has 178 valence electrons. The number of esters is 1. The van der Waals surface area contributed by atoms with Crippen LogP contribution in [0.5, 0.6) is 0 Å². The van der Waals surface area contributed by atoms with E-state index in [9.17, 15) is 14.4 Å². The Labute approximate surface area is 205 Å². The van der Waals surface area contributed by atoms with Gasteiger partial charge in [-0.3, -0.25) is 14.4 Å². The Bertz CT molecular complexity index is 1230. The Balaban J connectivity index is 1.82. The summed E-state index contributed by atoms with van der Waals surface area (Å²) in [5.74, 6) is -2.19. The smallest absolute Gasteiger partial charge is 0.310 e. The van der Waals surface area contributed by atoms with E-state index in [2.05, 4.69) is 5.10 Å². The number of hydrogen-bond donors (Lipinski definition) is 0. The number of anilines is 1. The second-order valence-corrected chi connectivity index (χ2v) is 8.57. The van der Waals surface area contributed by atoms with Gasteiger partial charge in [-0.1, -0.05) is 78.9 Å². The normalized spacial score (nSPS) is 18.2. The number of amides is 1. The van der Waals surface area contributed by atoms with Crippen molar-refractivity contribution in [3.8, 4) is 0 Å². The van der Waals surface area contributed by atoms with Crippen LogP contribution in [-0.2, 0) is 20.7 Å². The highest BCUT2D eigenvalue weighted by atomic mass is 16.5. The standard InChI is InChI=1S/C29H28N2O4/c1-3-35-27(33)25(19-26(32)23-15-9-5-10-16-23)29(20-22-13-7-4-8-14-22)21(2)30-31(28(29)34)24-17-11-6-12-18-24/h4-18,25H,3,19-20H2,1-2H3/t25-,29-/m1/s1. The molecule has 0 saturated carbocycles. The van der Waals surface area contributed by atoms with Crippen molar-refractivity contribution < 1.29 is 19.1 Å². The number of carbonyl (C=O) groups excluding carboxylic acids is 3. The summed E-state index contributed by atoms with van der Waals surface area (Å²) in [6, 6.07) is 27.4. The third-order valence-electron chi connectivity index (χ3n) is 6.45. The predicted octanol–water partition coefficient (Wildman–Crippen LogP) is 5.09. The van der Waals surface area contributed by atoms with Crippen LogP contribution in [0.1, 0.15) is 36.2 Å². The van der Waals surface area contributed by atoms with Gasteiger partial charge in [0.15, 0.2) is 5.78 Å². The zero-order valence-corrected chi connectivity index (χ0v) is 19.9. The first-order valence-electron chi connectivity index (χ1n) is 11.7. The average molecular weight is 469 g/mol. The zero-order valence-electron chi connectivity index (χ0n) is 19.9. The molecule has 0 radical (unpaired) electrons. The van der Waals surface area contributed by atoms with Gasteiger partial charge in [-0.2, -0.15) is 10.1 Å². The Morgan fingerprint density at radius 1 is 0.914 bits per heavy atom. The lowest BCUT2D eigenvalue weighted by Gasteiger charge is -2.34. The van der Waals surface area contributed by atoms with Crippen molar-refractivity contribution in [3.05, 3.63) is 102 Å². The summed E-state index contributed by atoms with van der Waals surface area (Å²) in [7, 11) is 0. The molecule has 1 amide bonds. The molecule has 35 heavy (non-hydrogen) atoms. The molecule has 0 aliphatic carbocycles. The molecule has 1 aliphatic heterocycles. The molecule has 0 saturated heterocycles. The van der Waals surface area contributed by atoms with E-state index in [1.807, 2.05) is 54.6 Å². The maximum Gasteiger partial charge on any atom is 0.310 e. The van der Waals surface area contributed by atoms with E-state index in [0.717, 1.165) is 5.56 Å². The van der Waals surface area contributed by atoms with E-state index in [0.29, 0.717) is 17.0 Å². The quantitative estimate of drug-likeness (QED) is 0.324. The monoisotopic (exact) mass is 468 g/mol. The fourth-order valence-electron chi connectivity index (χ4n) is 4.65. The Morgan fingerprint density at radius 3 is 2.09 bits per heavy atom. The number of nitrogens with zero attached hydrogens (tertiary/aromatic N) is 2. The van der Waals surface area contributed by atoms with Crippen molar-refractivity contribution in [1.29, 1.82) is 0 Å². The van der Waals surface area contributed by atoms with Crippen LogP contribution in [-0.4, -0.2) is 30.0 Å². The van der Waals surface area contributed by atoms with Crippen LogP contribution in [0.25, 0.3) is 0 Å². The maximum atomic E-state index is 14.2. The Morgan fingerprint density at radius 2 is 1.49 bits per heavy atom. The number of hydrazone groups is 1. The number of ether oxygens (including phenoxy) is 1. The van der Waals surface area contributed by atoms with Crippen molar-refractivity contribution in [2.75, 3.05) is 11.6 Å². The summed E-state index contributed by atoms with van der Waals surface area (Å²) >= 11 is 0. The summed E-state index contributed by atoms with van der Waals surface area (Å²) in [6.45, 7) is 3.61. The maximum absolute atomic E-state index is 14.2. The fourth-order valence-corrected chi connectivity index (χ4v) is 4.65. The molecule has 0 unspecified atom stereocenters. The van der Waals surface area contributed by atoms with Gasteiger partial charge >= 0.3 is 5.97 Å². The van der Waals surface area contributed by atoms with Gasteiger partial charge in [0, 0.05) is 12.0 Å². The highest BCUT2D eigenvalue weighted by molar-refractivity contribution is 6.21. The second kappa shape index (κ2) is 10.5. The summed E-state index contributed by atoms with van der Waals surface area (Å²) in [5.41, 5.74) is 1.06. The first-order chi connectivity index (χ1) is 17.0. The number of Topliss-reactive ketones (excluding diaryl/α,β-unsaturated/α-hetero) is 1. The van der Waals surface area contributed by atoms with Crippen LogP contribution >= 0.6 is 0 Å². The molecule has 0 spiro atoms. The molecule has 3 aromatic rings. The highest BCUT2D eigenvalue weighted by Crippen LogP contribution is 2.44. The molecule has 0 fully saturated rings. The van der Waals surface area contributed by atoms with Crippen LogP contribution in [0.3, 0.4) is 0 Å². The van der Waals surface area contributed by atoms with Crippen molar-refractivity contribution >= 4 is 29.1 Å². The fraction of sp³-hybridized carbons (Fsp3) is 0.241. The van der Waals surface area contributed by atoms with Crippen LogP contribution in [0.4, 0.5) is 5.69 Å². The molecule has 0 aromatic heterocycles. The molecule has 1 heterocycles. The number of carbonyl (C=O) groups is 3. The minimum Gasteiger partial charge on any atom is -0.466 e. The number of ketones is 1. The van der Waals surface area contributed by atoms with E-state index in [-0.39, 0.29) is 31.1 Å². The molecule has 1 aliphatic rings. The van der Waals surface area contributed by atoms with Gasteiger partial charge in [0.1, 0.15) is 5.41 Å². The minimum absolute atomic E-state index is 0.142. The van der Waals surface area contributed by atoms with E-state index < -0.39 is 17.3 Å². The van der Waals surface area contributed by atoms with E-state index in [1.54, 1.807) is 50.2 Å². The van der Waals surface area contributed by atoms with Gasteiger partial charge in [-0.05, 0) is 38.0 Å². The third kappa shape index (κ3) is 4.78. The predicted molar refractivity (Wildman–Crippen MR) is 135 cm³/mol. The molecule has 3 aromatic carbocycles. The van der Waals surface area contributed by atoms with Crippen molar-refractivity contribution in [3.63, 3.8) is 0 Å². The van der Waals surface area contributed by atoms with Crippen LogP contribution in [0.2, 0.25) is 0 Å². The number of hydrogen-bond acceptors (Lipinski definition) is 5. The third-order valence-corrected chi connectivity index (χ3v) is 6.45. The van der Waals surface area contributed by atoms with Gasteiger partial charge in [0.2, 0.25) is 0 Å². The first kappa shape index (κ1) is 24.1. The first-order valence-corrected chi connectivity index (χ1v) is 11.7. The molecule has 4 rings (SSSR count). The zero-order chi connectivity index (χ0) is 24.8. The van der Waals surface area contributed by atoms with E-state index >= 15 is 0 Å². The lowest BCUT2D eigenvalue weighted by atomic mass is 9.66. The summed E-state index contributed by atoms with van der Waals surface area (Å²) < 4.78 is 5.44. The summed E-state index contributed by atoms with van der Waals surface area (Å²) in [4.78, 5) is 40.9. The van der Waals surface area contributed by atoms with Gasteiger partial charge in [-0.25, -0.2) is 0 Å². The Hall–Kier alpha value is -4.06. The highest BCUT2D eigenvalue weighted by Gasteiger charge is 2.58. The summed E-state index contributed by atoms with van der Waals surface area (Å²) in [6.07, 6.45) is 0.0494. The van der Waals surface area contributed by atoms with Crippen LogP contribution in [0, 0.1) is 11.3 Å². The minimum atomic E-state index is -1.37. The van der Waals surface area contributed by atoms with Gasteiger partial charge in [0.25, 0.3) is 5.91 Å². The van der Waals surface area contributed by atoms with Crippen molar-refractivity contribution in [2.24, 2.45) is 16.4 Å². The van der Waals surface area contributed by atoms with Crippen molar-refractivity contribution in [2.45, 2.75) is 26.7 Å². The number of para-hydroxylation sites is 1. The number of rotatable bonds is 9. The molecule has 0 N–H and O–H groups in total. The molecule has 2 atom stereocenters. The largest absolute Gasteiger partial charge is 0.466 e. The molecular formula is C29H28N2O4. The lowest BCUT2D eigenvalue weighted by molar-refractivity contribution is -0.154. The van der Waals surface area contributed by atoms with Gasteiger partial charge in [0.05, 0.1) is 23.9 Å². The molecule has 0 bridgehead atoms. The molecule has 6 heteroatoms. The average Bonchev–Trinajstić information content (AvgIpc) is 3.14. The van der Waals surface area contributed by atoms with Crippen LogP contribution < -0.4 is 5.01 Å². The number of benzene rings is 3.